The zero-order chi connectivity index (χ0) is 18.5. The van der Waals surface area contributed by atoms with Gasteiger partial charge in [-0.3, -0.25) is 14.4 Å². The first kappa shape index (κ1) is 18.1. The number of likely N-dealkylation sites (tertiary alicyclic amines) is 1. The second kappa shape index (κ2) is 8.14. The molecule has 0 spiro atoms. The number of hydrogen-bond donors (Lipinski definition) is 1. The molecule has 1 saturated heterocycles. The number of nitrogens with one attached hydrogen (secondary N) is 1. The highest BCUT2D eigenvalue weighted by Crippen LogP contribution is 2.19. The molecule has 0 radical (unpaired) electrons. The molecule has 2 amide bonds. The summed E-state index contributed by atoms with van der Waals surface area (Å²) in [5.41, 5.74) is 0.811. The van der Waals surface area contributed by atoms with Crippen LogP contribution in [0, 0.1) is 0 Å². The number of piperidine rings is 1. The number of benzene rings is 1. The van der Waals surface area contributed by atoms with Gasteiger partial charge in [0, 0.05) is 30.7 Å². The van der Waals surface area contributed by atoms with Crippen LogP contribution in [0.1, 0.15) is 34.9 Å². The Balaban J connectivity index is 1.69. The van der Waals surface area contributed by atoms with E-state index in [1.807, 2.05) is 12.1 Å². The molecule has 2 heterocycles. The van der Waals surface area contributed by atoms with E-state index >= 15 is 0 Å². The Morgan fingerprint density at radius 3 is 2.73 bits per heavy atom. The average Bonchev–Trinajstić information content (AvgIpc) is 2.67. The summed E-state index contributed by atoms with van der Waals surface area (Å²) in [5, 5.41) is 7.62. The largest absolute Gasteiger partial charge is 0.347 e. The number of halogens is 1. The van der Waals surface area contributed by atoms with Crippen LogP contribution in [0.4, 0.5) is 0 Å². The van der Waals surface area contributed by atoms with Gasteiger partial charge in [0.15, 0.2) is 0 Å². The summed E-state index contributed by atoms with van der Waals surface area (Å²) in [6.45, 7) is 1.47. The van der Waals surface area contributed by atoms with Crippen molar-refractivity contribution >= 4 is 23.9 Å². The van der Waals surface area contributed by atoms with E-state index in [-0.39, 0.29) is 23.2 Å². The topological polar surface area (TPSA) is 84.3 Å². The van der Waals surface area contributed by atoms with E-state index in [4.69, 9.17) is 11.6 Å². The van der Waals surface area contributed by atoms with Crippen molar-refractivity contribution in [1.29, 1.82) is 0 Å². The molecule has 0 unspecified atom stereocenters. The molecule has 1 aliphatic heterocycles. The Morgan fingerprint density at radius 2 is 2.04 bits per heavy atom. The standard InChI is InChI=1S/C18H19ClN4O3/c19-14-3-1-2-13(10-14)11-20-18(26)16-4-5-17(25)23(21-16)15-6-8-22(12-24)9-7-15/h1-5,10,12,15H,6-9,11H2,(H,20,26). The third kappa shape index (κ3) is 4.29. The molecule has 7 nitrogen and oxygen atoms in total. The van der Waals surface area contributed by atoms with Crippen molar-refractivity contribution in [2.75, 3.05) is 13.1 Å². The summed E-state index contributed by atoms with van der Waals surface area (Å²) in [5.74, 6) is -0.357. The minimum Gasteiger partial charge on any atom is -0.347 e. The van der Waals surface area contributed by atoms with E-state index in [0.29, 0.717) is 37.5 Å². The van der Waals surface area contributed by atoms with E-state index in [1.54, 1.807) is 17.0 Å². The van der Waals surface area contributed by atoms with Crippen molar-refractivity contribution in [2.45, 2.75) is 25.4 Å². The molecule has 1 N–H and O–H groups in total. The van der Waals surface area contributed by atoms with E-state index in [0.717, 1.165) is 12.0 Å². The highest BCUT2D eigenvalue weighted by atomic mass is 35.5. The molecule has 8 heteroatoms. The van der Waals surface area contributed by atoms with Gasteiger partial charge in [0.1, 0.15) is 5.69 Å². The van der Waals surface area contributed by atoms with E-state index < -0.39 is 0 Å². The van der Waals surface area contributed by atoms with Gasteiger partial charge in [0.05, 0.1) is 6.04 Å². The second-order valence-corrected chi connectivity index (χ2v) is 6.62. The number of nitrogens with zero attached hydrogens (tertiary/aromatic N) is 3. The van der Waals surface area contributed by atoms with Crippen LogP contribution in [0.5, 0.6) is 0 Å². The number of aromatic nitrogens is 2. The zero-order valence-corrected chi connectivity index (χ0v) is 14.9. The summed E-state index contributed by atoms with van der Waals surface area (Å²) < 4.78 is 1.36. The number of carbonyl (C=O) groups is 2. The monoisotopic (exact) mass is 374 g/mol. The maximum absolute atomic E-state index is 12.4. The fourth-order valence-corrected chi connectivity index (χ4v) is 3.18. The number of amides is 2. The maximum atomic E-state index is 12.4. The molecule has 136 valence electrons. The minimum absolute atomic E-state index is 0.112. The van der Waals surface area contributed by atoms with Gasteiger partial charge in [-0.25, -0.2) is 4.68 Å². The van der Waals surface area contributed by atoms with Crippen LogP contribution in [-0.4, -0.2) is 40.1 Å². The number of rotatable bonds is 5. The minimum atomic E-state index is -0.357. The summed E-state index contributed by atoms with van der Waals surface area (Å²) >= 11 is 5.93. The Bertz CT molecular complexity index is 860. The highest BCUT2D eigenvalue weighted by Gasteiger charge is 2.22. The van der Waals surface area contributed by atoms with Crippen LogP contribution in [-0.2, 0) is 11.3 Å². The second-order valence-electron chi connectivity index (χ2n) is 6.19. The van der Waals surface area contributed by atoms with E-state index in [1.165, 1.54) is 16.8 Å². The normalized spacial score (nSPS) is 14.9. The Labute approximate surface area is 155 Å². The molecule has 0 saturated carbocycles. The molecule has 0 aliphatic carbocycles. The predicted octanol–water partition coefficient (Wildman–Crippen LogP) is 1.62. The lowest BCUT2D eigenvalue weighted by Crippen LogP contribution is -2.38. The lowest BCUT2D eigenvalue weighted by Gasteiger charge is -2.29. The molecule has 1 aliphatic rings. The van der Waals surface area contributed by atoms with Crippen LogP contribution in [0.25, 0.3) is 0 Å². The molecule has 1 fully saturated rings. The van der Waals surface area contributed by atoms with Gasteiger partial charge in [-0.05, 0) is 36.6 Å². The van der Waals surface area contributed by atoms with E-state index in [9.17, 15) is 14.4 Å². The Morgan fingerprint density at radius 1 is 1.27 bits per heavy atom. The molecule has 3 rings (SSSR count). The Hall–Kier alpha value is -2.67. The molecule has 2 aromatic rings. The number of hydrogen-bond acceptors (Lipinski definition) is 4. The molecule has 26 heavy (non-hydrogen) atoms. The van der Waals surface area contributed by atoms with Gasteiger partial charge >= 0.3 is 0 Å². The fraction of sp³-hybridized carbons (Fsp3) is 0.333. The fourth-order valence-electron chi connectivity index (χ4n) is 2.96. The van der Waals surface area contributed by atoms with Crippen molar-refractivity contribution in [3.63, 3.8) is 0 Å². The summed E-state index contributed by atoms with van der Waals surface area (Å²) in [7, 11) is 0. The quantitative estimate of drug-likeness (QED) is 0.806. The van der Waals surface area contributed by atoms with E-state index in [2.05, 4.69) is 10.4 Å². The third-order valence-corrected chi connectivity index (χ3v) is 4.63. The number of carbonyl (C=O) groups excluding carboxylic acids is 2. The molecular formula is C18H19ClN4O3. The van der Waals surface area contributed by atoms with Gasteiger partial charge < -0.3 is 10.2 Å². The van der Waals surface area contributed by atoms with Crippen molar-refractivity contribution in [3.05, 3.63) is 63.0 Å². The van der Waals surface area contributed by atoms with Gasteiger partial charge in [0.25, 0.3) is 11.5 Å². The molecule has 1 aromatic carbocycles. The zero-order valence-electron chi connectivity index (χ0n) is 14.1. The van der Waals surface area contributed by atoms with Gasteiger partial charge in [0.2, 0.25) is 6.41 Å². The lowest BCUT2D eigenvalue weighted by atomic mass is 10.1. The van der Waals surface area contributed by atoms with Crippen molar-refractivity contribution in [3.8, 4) is 0 Å². The summed E-state index contributed by atoms with van der Waals surface area (Å²) in [6, 6.07) is 9.88. The first-order valence-electron chi connectivity index (χ1n) is 8.38. The predicted molar refractivity (Wildman–Crippen MR) is 97.0 cm³/mol. The molecule has 0 bridgehead atoms. The van der Waals surface area contributed by atoms with Crippen LogP contribution >= 0.6 is 11.6 Å². The van der Waals surface area contributed by atoms with Crippen LogP contribution in [0.2, 0.25) is 5.02 Å². The van der Waals surface area contributed by atoms with Crippen molar-refractivity contribution in [1.82, 2.24) is 20.0 Å². The van der Waals surface area contributed by atoms with Gasteiger partial charge in [-0.1, -0.05) is 23.7 Å². The van der Waals surface area contributed by atoms with Crippen LogP contribution < -0.4 is 10.9 Å². The van der Waals surface area contributed by atoms with Crippen molar-refractivity contribution in [2.24, 2.45) is 0 Å². The summed E-state index contributed by atoms with van der Waals surface area (Å²) in [6.07, 6.45) is 2.09. The summed E-state index contributed by atoms with van der Waals surface area (Å²) in [4.78, 5) is 37.0. The van der Waals surface area contributed by atoms with Gasteiger partial charge in [-0.2, -0.15) is 5.10 Å². The smallest absolute Gasteiger partial charge is 0.271 e. The Kier molecular flexibility index (Phi) is 5.68. The SMILES string of the molecule is O=CN1CCC(n2nc(C(=O)NCc3cccc(Cl)c3)ccc2=O)CC1. The average molecular weight is 375 g/mol. The highest BCUT2D eigenvalue weighted by molar-refractivity contribution is 6.30. The van der Waals surface area contributed by atoms with Crippen molar-refractivity contribution < 1.29 is 9.59 Å². The first-order chi connectivity index (χ1) is 12.6. The van der Waals surface area contributed by atoms with Gasteiger partial charge in [-0.15, -0.1) is 0 Å². The molecule has 1 aromatic heterocycles. The first-order valence-corrected chi connectivity index (χ1v) is 8.76. The maximum Gasteiger partial charge on any atom is 0.271 e. The molecular weight excluding hydrogens is 356 g/mol. The third-order valence-electron chi connectivity index (χ3n) is 4.39. The molecule has 0 atom stereocenters. The van der Waals surface area contributed by atoms with Crippen LogP contribution in [0.3, 0.4) is 0 Å². The van der Waals surface area contributed by atoms with Crippen LogP contribution in [0.15, 0.2) is 41.2 Å². The lowest BCUT2D eigenvalue weighted by molar-refractivity contribution is -0.119.